The number of Topliss-reactive ketones (excluding diaryl/α,β-unsaturated/α-hetero) is 1. The standard InChI is InChI=1S/C22H32FN3O4/c1-25(2)22(29)14-10-26-16-6-5-12(27)7-17(16)30-21-18(24-9-11-3-4-11)15(23)8-13(19(21)26)20(14)28/h10-13,15-19,21,24,27H,3-9H2,1-2H3. The van der Waals surface area contributed by atoms with Gasteiger partial charge in [0.1, 0.15) is 6.17 Å². The van der Waals surface area contributed by atoms with Crippen molar-refractivity contribution < 1.29 is 23.8 Å². The number of alkyl halides is 1. The highest BCUT2D eigenvalue weighted by Crippen LogP contribution is 2.46. The Kier molecular flexibility index (Phi) is 5.14. The van der Waals surface area contributed by atoms with E-state index in [9.17, 15) is 14.7 Å². The van der Waals surface area contributed by atoms with Gasteiger partial charge in [0.25, 0.3) is 5.91 Å². The highest BCUT2D eigenvalue weighted by Gasteiger charge is 2.58. The van der Waals surface area contributed by atoms with E-state index in [0.717, 1.165) is 13.0 Å². The van der Waals surface area contributed by atoms with Crippen LogP contribution in [0.4, 0.5) is 4.39 Å². The Balaban J connectivity index is 1.51. The topological polar surface area (TPSA) is 82.1 Å². The zero-order chi connectivity index (χ0) is 21.2. The number of amides is 1. The molecule has 8 heteroatoms. The maximum absolute atomic E-state index is 15.4. The van der Waals surface area contributed by atoms with Crippen molar-refractivity contribution in [3.05, 3.63) is 11.8 Å². The Morgan fingerprint density at radius 1 is 1.30 bits per heavy atom. The molecule has 2 aliphatic heterocycles. The third kappa shape index (κ3) is 3.37. The highest BCUT2D eigenvalue weighted by molar-refractivity contribution is 6.20. The molecule has 0 aromatic carbocycles. The van der Waals surface area contributed by atoms with Gasteiger partial charge in [0.05, 0.1) is 42.0 Å². The molecule has 2 heterocycles. The third-order valence-corrected chi connectivity index (χ3v) is 7.62. The van der Waals surface area contributed by atoms with Crippen LogP contribution in [-0.2, 0) is 14.3 Å². The summed E-state index contributed by atoms with van der Waals surface area (Å²) >= 11 is 0. The van der Waals surface area contributed by atoms with Gasteiger partial charge in [-0.2, -0.15) is 0 Å². The summed E-state index contributed by atoms with van der Waals surface area (Å²) in [6.45, 7) is 0.771. The van der Waals surface area contributed by atoms with Crippen molar-refractivity contribution in [2.75, 3.05) is 20.6 Å². The molecular formula is C22H32FN3O4. The van der Waals surface area contributed by atoms with E-state index in [1.807, 2.05) is 0 Å². The van der Waals surface area contributed by atoms with Gasteiger partial charge in [-0.25, -0.2) is 4.39 Å². The van der Waals surface area contributed by atoms with Crippen LogP contribution < -0.4 is 5.32 Å². The van der Waals surface area contributed by atoms with Crippen LogP contribution >= 0.6 is 0 Å². The number of carbonyl (C=O) groups is 2. The number of hydrogen-bond donors (Lipinski definition) is 2. The Labute approximate surface area is 176 Å². The zero-order valence-corrected chi connectivity index (χ0v) is 17.7. The number of aliphatic hydroxyl groups excluding tert-OH is 1. The van der Waals surface area contributed by atoms with Crippen LogP contribution in [-0.4, -0.2) is 89.8 Å². The van der Waals surface area contributed by atoms with Crippen molar-refractivity contribution >= 4 is 11.7 Å². The number of nitrogens with one attached hydrogen (secondary N) is 1. The molecule has 0 radical (unpaired) electrons. The van der Waals surface area contributed by atoms with Gasteiger partial charge in [-0.05, 0) is 44.6 Å². The predicted molar refractivity (Wildman–Crippen MR) is 107 cm³/mol. The highest BCUT2D eigenvalue weighted by atomic mass is 19.1. The first-order chi connectivity index (χ1) is 14.3. The Morgan fingerprint density at radius 3 is 2.77 bits per heavy atom. The number of ketones is 1. The SMILES string of the molecule is CN(C)C(=O)C1=CN2C3CCC(O)CC3OC3C(NCC4CC4)C(F)CC(C1=O)C32. The van der Waals surface area contributed by atoms with Crippen LogP contribution in [0, 0.1) is 11.8 Å². The van der Waals surface area contributed by atoms with Gasteiger partial charge in [-0.1, -0.05) is 0 Å². The van der Waals surface area contributed by atoms with E-state index in [4.69, 9.17) is 4.74 Å². The second-order valence-electron chi connectivity index (χ2n) is 9.95. The number of carbonyl (C=O) groups excluding carboxylic acids is 2. The van der Waals surface area contributed by atoms with E-state index < -0.39 is 30.3 Å². The predicted octanol–water partition coefficient (Wildman–Crippen LogP) is 0.619. The molecule has 0 aromatic rings. The average Bonchev–Trinajstić information content (AvgIpc) is 3.52. The Morgan fingerprint density at radius 2 is 2.07 bits per heavy atom. The molecule has 30 heavy (non-hydrogen) atoms. The van der Waals surface area contributed by atoms with Crippen LogP contribution in [0.2, 0.25) is 0 Å². The van der Waals surface area contributed by atoms with E-state index in [1.54, 1.807) is 20.3 Å². The molecular weight excluding hydrogens is 389 g/mol. The molecule has 8 atom stereocenters. The van der Waals surface area contributed by atoms with Crippen molar-refractivity contribution in [2.24, 2.45) is 11.8 Å². The Bertz CT molecular complexity index is 755. The van der Waals surface area contributed by atoms with Crippen molar-refractivity contribution in [1.82, 2.24) is 15.1 Å². The Hall–Kier alpha value is -1.51. The molecule has 0 aromatic heterocycles. The number of fused-ring (bicyclic) bond motifs is 2. The fourth-order valence-electron chi connectivity index (χ4n) is 5.85. The molecule has 4 fully saturated rings. The second-order valence-corrected chi connectivity index (χ2v) is 9.95. The number of nitrogens with zero attached hydrogens (tertiary/aromatic N) is 2. The molecule has 166 valence electrons. The monoisotopic (exact) mass is 421 g/mol. The molecule has 5 rings (SSSR count). The molecule has 1 saturated heterocycles. The number of rotatable bonds is 4. The number of hydrogen-bond acceptors (Lipinski definition) is 6. The second kappa shape index (κ2) is 7.57. The summed E-state index contributed by atoms with van der Waals surface area (Å²) in [5, 5.41) is 13.6. The summed E-state index contributed by atoms with van der Waals surface area (Å²) in [6, 6.07) is -0.742. The number of halogens is 1. The zero-order valence-electron chi connectivity index (χ0n) is 17.7. The number of likely N-dealkylation sites (N-methyl/N-ethyl adjacent to an activating group) is 1. The summed E-state index contributed by atoms with van der Waals surface area (Å²) in [5.41, 5.74) is 0.142. The molecule has 0 spiro atoms. The van der Waals surface area contributed by atoms with Gasteiger partial charge in [-0.3, -0.25) is 9.59 Å². The lowest BCUT2D eigenvalue weighted by molar-refractivity contribution is -0.205. The summed E-state index contributed by atoms with van der Waals surface area (Å²) < 4.78 is 21.8. The van der Waals surface area contributed by atoms with Crippen LogP contribution in [0.3, 0.4) is 0 Å². The minimum atomic E-state index is -1.21. The third-order valence-electron chi connectivity index (χ3n) is 7.62. The molecule has 1 amide bonds. The van der Waals surface area contributed by atoms with E-state index >= 15 is 4.39 Å². The maximum atomic E-state index is 15.4. The molecule has 0 bridgehead atoms. The quantitative estimate of drug-likeness (QED) is 0.648. The van der Waals surface area contributed by atoms with Crippen LogP contribution in [0.5, 0.6) is 0 Å². The minimum Gasteiger partial charge on any atom is -0.393 e. The smallest absolute Gasteiger partial charge is 0.258 e. The lowest BCUT2D eigenvalue weighted by Gasteiger charge is -2.59. The largest absolute Gasteiger partial charge is 0.393 e. The van der Waals surface area contributed by atoms with Crippen molar-refractivity contribution in [2.45, 2.75) is 81.1 Å². The fourth-order valence-corrected chi connectivity index (χ4v) is 5.85. The molecule has 8 unspecified atom stereocenters. The minimum absolute atomic E-state index is 0.00421. The van der Waals surface area contributed by atoms with Crippen LogP contribution in [0.15, 0.2) is 11.8 Å². The first kappa shape index (κ1) is 20.4. The van der Waals surface area contributed by atoms with Crippen molar-refractivity contribution in [3.8, 4) is 0 Å². The van der Waals surface area contributed by atoms with E-state index in [1.165, 1.54) is 17.7 Å². The van der Waals surface area contributed by atoms with Crippen molar-refractivity contribution in [1.29, 1.82) is 0 Å². The lowest BCUT2D eigenvalue weighted by Crippen LogP contribution is -2.73. The first-order valence-corrected chi connectivity index (χ1v) is 11.3. The molecule has 2 N–H and O–H groups in total. The molecule has 7 nitrogen and oxygen atoms in total. The van der Waals surface area contributed by atoms with E-state index in [-0.39, 0.29) is 41.9 Å². The van der Waals surface area contributed by atoms with Gasteiger partial charge in [0, 0.05) is 32.6 Å². The maximum Gasteiger partial charge on any atom is 0.258 e. The molecule has 3 aliphatic carbocycles. The number of ether oxygens (including phenoxy) is 1. The van der Waals surface area contributed by atoms with Crippen LogP contribution in [0.1, 0.15) is 38.5 Å². The molecule has 3 saturated carbocycles. The van der Waals surface area contributed by atoms with E-state index in [0.29, 0.717) is 18.8 Å². The number of aliphatic hydroxyl groups is 1. The normalized spacial score (nSPS) is 42.9. The average molecular weight is 422 g/mol. The fraction of sp³-hybridized carbons (Fsp3) is 0.818. The van der Waals surface area contributed by atoms with Gasteiger partial charge in [0.15, 0.2) is 5.78 Å². The van der Waals surface area contributed by atoms with Crippen LogP contribution in [0.25, 0.3) is 0 Å². The summed E-state index contributed by atoms with van der Waals surface area (Å²) in [7, 11) is 3.25. The lowest BCUT2D eigenvalue weighted by atomic mass is 9.69. The summed E-state index contributed by atoms with van der Waals surface area (Å²) in [5.74, 6) is -0.573. The van der Waals surface area contributed by atoms with Crippen molar-refractivity contribution in [3.63, 3.8) is 0 Å². The first-order valence-electron chi connectivity index (χ1n) is 11.3. The van der Waals surface area contributed by atoms with E-state index in [2.05, 4.69) is 10.2 Å². The number of morpholine rings is 1. The molecule has 5 aliphatic rings. The summed E-state index contributed by atoms with van der Waals surface area (Å²) in [6.07, 6.45) is 3.73. The summed E-state index contributed by atoms with van der Waals surface area (Å²) in [4.78, 5) is 29.5. The van der Waals surface area contributed by atoms with Gasteiger partial charge in [-0.15, -0.1) is 0 Å². The van der Waals surface area contributed by atoms with Gasteiger partial charge in [0.2, 0.25) is 0 Å². The van der Waals surface area contributed by atoms with Gasteiger partial charge < -0.3 is 25.0 Å². The van der Waals surface area contributed by atoms with Gasteiger partial charge >= 0.3 is 0 Å².